The summed E-state index contributed by atoms with van der Waals surface area (Å²) in [5, 5.41) is 40.9. The van der Waals surface area contributed by atoms with Crippen LogP contribution in [0.2, 0.25) is 5.02 Å². The minimum Gasteiger partial charge on any atom is -0.391 e. The first-order chi connectivity index (χ1) is 32.9. The van der Waals surface area contributed by atoms with Gasteiger partial charge in [0.05, 0.1) is 63.4 Å². The zero-order chi connectivity index (χ0) is 49.4. The molecule has 20 heteroatoms. The molecular formula is C49H61ClN12O6S. The average Bonchev–Trinajstić information content (AvgIpc) is 4.15. The van der Waals surface area contributed by atoms with Gasteiger partial charge in [-0.05, 0) is 61.6 Å². The van der Waals surface area contributed by atoms with Gasteiger partial charge in [0.25, 0.3) is 5.91 Å². The number of hydrogen-bond donors (Lipinski definition) is 5. The van der Waals surface area contributed by atoms with Crippen molar-refractivity contribution in [1.82, 2.24) is 55.6 Å². The van der Waals surface area contributed by atoms with E-state index in [4.69, 9.17) is 21.6 Å². The molecule has 4 amide bonds. The zero-order valence-electron chi connectivity index (χ0n) is 39.9. The highest BCUT2D eigenvalue weighted by atomic mass is 35.5. The lowest BCUT2D eigenvalue weighted by Gasteiger charge is -2.35. The fourth-order valence-electron chi connectivity index (χ4n) is 8.55. The number of halogens is 1. The lowest BCUT2D eigenvalue weighted by Crippen LogP contribution is -2.58. The molecular weight excluding hydrogens is 920 g/mol. The molecule has 2 aromatic carbocycles. The number of piperazine rings is 1. The Bertz CT molecular complexity index is 2630. The van der Waals surface area contributed by atoms with Crippen LogP contribution in [0.5, 0.6) is 0 Å². The fraction of sp³-hybridized carbons (Fsp3) is 0.469. The molecule has 0 bridgehead atoms. The number of thiazole rings is 1. The van der Waals surface area contributed by atoms with Gasteiger partial charge in [-0.15, -0.1) is 11.3 Å². The maximum Gasteiger partial charge on any atom is 0.272 e. The van der Waals surface area contributed by atoms with Crippen molar-refractivity contribution in [1.29, 1.82) is 5.26 Å². The number of benzene rings is 2. The molecule has 0 spiro atoms. The Balaban J connectivity index is 0.804. The Morgan fingerprint density at radius 3 is 2.41 bits per heavy atom. The lowest BCUT2D eigenvalue weighted by molar-refractivity contribution is -0.144. The van der Waals surface area contributed by atoms with Crippen LogP contribution in [0.25, 0.3) is 21.7 Å². The average molecular weight is 982 g/mol. The number of aryl methyl sites for hydroxylation is 1. The van der Waals surface area contributed by atoms with Gasteiger partial charge in [0.2, 0.25) is 17.7 Å². The number of nitrogens with zero attached hydrogens (tertiary/aromatic N) is 8. The van der Waals surface area contributed by atoms with E-state index in [1.165, 1.54) is 4.90 Å². The smallest absolute Gasteiger partial charge is 0.272 e. The highest BCUT2D eigenvalue weighted by molar-refractivity contribution is 7.13. The number of H-pyrrole nitrogens is 1. The number of β-amino-alcohol motifs (C(OH)–C–C–N with tert-alkyl or cyclic N) is 1. The number of hydrogen-bond acceptors (Lipinski definition) is 13. The number of carbonyl (C=O) groups is 4. The number of rotatable bonds is 18. The summed E-state index contributed by atoms with van der Waals surface area (Å²) in [5.74, 6) is -1.54. The molecule has 2 saturated heterocycles. The third kappa shape index (κ3) is 13.2. The Morgan fingerprint density at radius 2 is 1.72 bits per heavy atom. The summed E-state index contributed by atoms with van der Waals surface area (Å²) in [6.07, 6.45) is 1.04. The van der Waals surface area contributed by atoms with E-state index >= 15 is 0 Å². The normalized spacial score (nSPS) is 18.0. The van der Waals surface area contributed by atoms with Crippen molar-refractivity contribution >= 4 is 46.6 Å². The Kier molecular flexibility index (Phi) is 16.7. The molecule has 5 heterocycles. The molecule has 0 aliphatic carbocycles. The van der Waals surface area contributed by atoms with Gasteiger partial charge in [-0.3, -0.25) is 38.8 Å². The summed E-state index contributed by atoms with van der Waals surface area (Å²) >= 11 is 7.77. The quantitative estimate of drug-likeness (QED) is 0.0763. The van der Waals surface area contributed by atoms with Gasteiger partial charge in [0, 0.05) is 70.0 Å². The van der Waals surface area contributed by atoms with Gasteiger partial charge < -0.3 is 30.7 Å². The highest BCUT2D eigenvalue weighted by Gasteiger charge is 2.44. The van der Waals surface area contributed by atoms with Crippen molar-refractivity contribution in [3.8, 4) is 27.8 Å². The summed E-state index contributed by atoms with van der Waals surface area (Å²) in [6.45, 7) is 16.2. The Labute approximate surface area is 411 Å². The lowest BCUT2D eigenvalue weighted by atomic mass is 9.85. The second-order valence-corrected chi connectivity index (χ2v) is 20.2. The van der Waals surface area contributed by atoms with Crippen LogP contribution in [0.1, 0.15) is 80.1 Å². The van der Waals surface area contributed by atoms with Gasteiger partial charge in [0.15, 0.2) is 0 Å². The molecule has 2 aliphatic heterocycles. The molecule has 366 valence electrons. The van der Waals surface area contributed by atoms with E-state index in [9.17, 15) is 24.3 Å². The first-order valence-electron chi connectivity index (χ1n) is 23.2. The predicted molar refractivity (Wildman–Crippen MR) is 262 cm³/mol. The third-order valence-corrected chi connectivity index (χ3v) is 13.7. The Hall–Kier alpha value is -6.01. The summed E-state index contributed by atoms with van der Waals surface area (Å²) < 4.78 is 7.53. The maximum absolute atomic E-state index is 14.1. The third-order valence-electron chi connectivity index (χ3n) is 12.4. The molecule has 5 atom stereocenters. The van der Waals surface area contributed by atoms with Gasteiger partial charge in [-0.1, -0.05) is 62.7 Å². The number of carbonyl (C=O) groups excluding carboxylic acids is 4. The first-order valence-corrected chi connectivity index (χ1v) is 24.4. The van der Waals surface area contributed by atoms with Crippen molar-refractivity contribution in [3.05, 3.63) is 99.5 Å². The maximum atomic E-state index is 14.1. The summed E-state index contributed by atoms with van der Waals surface area (Å²) in [6, 6.07) is 16.3. The second-order valence-electron chi connectivity index (χ2n) is 18.9. The molecule has 0 unspecified atom stereocenters. The summed E-state index contributed by atoms with van der Waals surface area (Å²) in [7, 11) is 0. The number of amides is 4. The molecule has 0 saturated carbocycles. The monoisotopic (exact) mass is 980 g/mol. The van der Waals surface area contributed by atoms with Crippen molar-refractivity contribution in [2.75, 3.05) is 52.5 Å². The standard InChI is InChI=1S/C49H61ClN12O6S/c1-30(25-61-14-13-40(58-61)35-11-12-36(24-51)39(50)21-35)53-46(65)41-22-37(56-57-41)26-60-17-15-59(16-18-60)19-20-68-28-43(64)55-45(49(4,5)6)48(67)62-27-38(63)23-42(62)47(66)54-31(2)33-7-9-34(10-8-33)44-32(3)52-29-69-44/h7-14,21-22,29-31,38,42,45,63H,15-20,23,25-28H2,1-6H3,(H,53,65)(H,54,66)(H,55,64)(H,56,57)/t30-,31-,38+,42-,45+/m0/s1. The van der Waals surface area contributed by atoms with E-state index in [0.29, 0.717) is 48.2 Å². The van der Waals surface area contributed by atoms with Crippen LogP contribution in [-0.2, 0) is 32.2 Å². The van der Waals surface area contributed by atoms with Crippen molar-refractivity contribution < 1.29 is 29.0 Å². The largest absolute Gasteiger partial charge is 0.391 e. The highest BCUT2D eigenvalue weighted by Crippen LogP contribution is 2.30. The van der Waals surface area contributed by atoms with Crippen LogP contribution >= 0.6 is 22.9 Å². The summed E-state index contributed by atoms with van der Waals surface area (Å²) in [5.41, 5.74) is 7.06. The molecule has 5 N–H and O–H groups in total. The van der Waals surface area contributed by atoms with Crippen LogP contribution < -0.4 is 16.0 Å². The molecule has 5 aromatic rings. The van der Waals surface area contributed by atoms with E-state index in [2.05, 4.69) is 52.1 Å². The number of aliphatic hydroxyl groups is 1. The zero-order valence-corrected chi connectivity index (χ0v) is 41.4. The molecule has 0 radical (unpaired) electrons. The second kappa shape index (κ2) is 22.6. The fourth-order valence-corrected chi connectivity index (χ4v) is 9.59. The van der Waals surface area contributed by atoms with Crippen LogP contribution in [-0.4, -0.2) is 145 Å². The number of aromatic amines is 1. The Morgan fingerprint density at radius 1 is 1.00 bits per heavy atom. The molecule has 69 heavy (non-hydrogen) atoms. The van der Waals surface area contributed by atoms with E-state index in [1.807, 2.05) is 83.6 Å². The van der Waals surface area contributed by atoms with Crippen LogP contribution in [0.3, 0.4) is 0 Å². The topological polar surface area (TPSA) is 227 Å². The van der Waals surface area contributed by atoms with Gasteiger partial charge >= 0.3 is 0 Å². The van der Waals surface area contributed by atoms with Gasteiger partial charge in [-0.25, -0.2) is 4.98 Å². The van der Waals surface area contributed by atoms with E-state index in [-0.39, 0.29) is 43.5 Å². The SMILES string of the molecule is Cc1ncsc1-c1ccc([C@H](C)NC(=O)[C@@H]2C[C@@H](O)CN2C(=O)[C@@H](NC(=O)COCCN2CCN(Cc3cc(C(=O)N[C@@H](C)Cn4ccc(-c5ccc(C#N)c(Cl)c5)n4)n[nH]3)CC2)C(C)(C)C)cc1. The molecule has 18 nitrogen and oxygen atoms in total. The van der Waals surface area contributed by atoms with Gasteiger partial charge in [0.1, 0.15) is 30.5 Å². The van der Waals surface area contributed by atoms with Crippen LogP contribution in [0, 0.1) is 23.7 Å². The number of ether oxygens (including phenoxy) is 1. The van der Waals surface area contributed by atoms with Gasteiger partial charge in [-0.2, -0.15) is 15.5 Å². The van der Waals surface area contributed by atoms with Crippen LogP contribution in [0.15, 0.2) is 66.3 Å². The molecule has 7 rings (SSSR count). The molecule has 3 aromatic heterocycles. The number of nitriles is 1. The summed E-state index contributed by atoms with van der Waals surface area (Å²) in [4.78, 5) is 65.4. The number of aromatic nitrogens is 5. The molecule has 2 aliphatic rings. The van der Waals surface area contributed by atoms with Crippen molar-refractivity contribution in [3.63, 3.8) is 0 Å². The molecule has 2 fully saturated rings. The van der Waals surface area contributed by atoms with E-state index in [1.54, 1.807) is 40.3 Å². The van der Waals surface area contributed by atoms with Crippen molar-refractivity contribution in [2.24, 2.45) is 5.41 Å². The first kappa shape index (κ1) is 50.9. The number of likely N-dealkylation sites (tertiary alicyclic amines) is 1. The van der Waals surface area contributed by atoms with E-state index in [0.717, 1.165) is 59.1 Å². The minimum absolute atomic E-state index is 0.0172. The van der Waals surface area contributed by atoms with Crippen molar-refractivity contribution in [2.45, 2.75) is 91.3 Å². The van der Waals surface area contributed by atoms with Crippen LogP contribution in [0.4, 0.5) is 0 Å². The predicted octanol–water partition coefficient (Wildman–Crippen LogP) is 4.55. The number of nitrogens with one attached hydrogen (secondary N) is 4. The van der Waals surface area contributed by atoms with E-state index < -0.39 is 35.4 Å². The minimum atomic E-state index is -0.961. The number of aliphatic hydroxyl groups excluding tert-OH is 1.